The number of rotatable bonds is 6. The summed E-state index contributed by atoms with van der Waals surface area (Å²) in [7, 11) is 0. The van der Waals surface area contributed by atoms with E-state index >= 15 is 0 Å². The van der Waals surface area contributed by atoms with Crippen LogP contribution in [0.15, 0.2) is 35.7 Å². The van der Waals surface area contributed by atoms with Crippen LogP contribution in [0.25, 0.3) is 0 Å². The number of nitrogens with zero attached hydrogens (tertiary/aromatic N) is 3. The third-order valence-corrected chi connectivity index (χ3v) is 4.45. The highest BCUT2D eigenvalue weighted by molar-refractivity contribution is 8.00. The van der Waals surface area contributed by atoms with E-state index in [0.29, 0.717) is 0 Å². The van der Waals surface area contributed by atoms with E-state index in [1.807, 2.05) is 35.8 Å². The third-order valence-electron chi connectivity index (χ3n) is 3.38. The van der Waals surface area contributed by atoms with Crippen molar-refractivity contribution in [3.05, 3.63) is 36.2 Å². The summed E-state index contributed by atoms with van der Waals surface area (Å²) in [4.78, 5) is 12.3. The van der Waals surface area contributed by atoms with Crippen LogP contribution in [0.5, 0.6) is 0 Å². The van der Waals surface area contributed by atoms with Gasteiger partial charge in [0.2, 0.25) is 5.91 Å². The van der Waals surface area contributed by atoms with E-state index in [4.69, 9.17) is 0 Å². The van der Waals surface area contributed by atoms with Gasteiger partial charge >= 0.3 is 0 Å². The number of thioether (sulfide) groups is 1. The zero-order valence-electron chi connectivity index (χ0n) is 13.4. The molecule has 0 fully saturated rings. The van der Waals surface area contributed by atoms with E-state index in [1.165, 1.54) is 17.3 Å². The average Bonchev–Trinajstić information content (AvgIpc) is 2.96. The van der Waals surface area contributed by atoms with Crippen molar-refractivity contribution in [1.82, 2.24) is 14.8 Å². The molecule has 0 spiro atoms. The zero-order valence-corrected chi connectivity index (χ0v) is 14.2. The minimum absolute atomic E-state index is 0.0347. The van der Waals surface area contributed by atoms with Gasteiger partial charge in [-0.05, 0) is 44.9 Å². The highest BCUT2D eigenvalue weighted by atomic mass is 32.2. The van der Waals surface area contributed by atoms with Crippen molar-refractivity contribution >= 4 is 23.4 Å². The number of aryl methyl sites for hydroxylation is 1. The molecule has 1 aromatic heterocycles. The lowest BCUT2D eigenvalue weighted by molar-refractivity contribution is -0.115. The Balaban J connectivity index is 1.98. The molecule has 2 rings (SSSR count). The molecule has 1 N–H and O–H groups in total. The molecule has 0 aliphatic carbocycles. The molecule has 1 amide bonds. The maximum Gasteiger partial charge on any atom is 0.237 e. The Labute approximate surface area is 135 Å². The lowest BCUT2D eigenvalue weighted by Crippen LogP contribution is -2.23. The van der Waals surface area contributed by atoms with Crippen LogP contribution < -0.4 is 5.32 Å². The number of amides is 1. The topological polar surface area (TPSA) is 59.8 Å². The van der Waals surface area contributed by atoms with Crippen molar-refractivity contribution in [2.45, 2.75) is 50.6 Å². The van der Waals surface area contributed by atoms with Gasteiger partial charge in [0.1, 0.15) is 6.33 Å². The molecule has 0 aliphatic rings. The maximum atomic E-state index is 12.3. The van der Waals surface area contributed by atoms with Crippen molar-refractivity contribution in [3.63, 3.8) is 0 Å². The van der Waals surface area contributed by atoms with Crippen LogP contribution in [0.3, 0.4) is 0 Å². The van der Waals surface area contributed by atoms with E-state index in [1.54, 1.807) is 6.33 Å². The molecule has 1 atom stereocenters. The molecule has 6 heteroatoms. The highest BCUT2D eigenvalue weighted by Crippen LogP contribution is 2.24. The van der Waals surface area contributed by atoms with Crippen molar-refractivity contribution < 1.29 is 4.79 Å². The summed E-state index contributed by atoms with van der Waals surface area (Å²) in [5, 5.41) is 11.5. The van der Waals surface area contributed by atoms with E-state index in [2.05, 4.69) is 36.3 Å². The maximum absolute atomic E-state index is 12.3. The number of anilines is 1. The molecular formula is C16H22N4OS. The monoisotopic (exact) mass is 318 g/mol. The number of hydrogen-bond donors (Lipinski definition) is 1. The predicted octanol–water partition coefficient (Wildman–Crippen LogP) is 3.54. The quantitative estimate of drug-likeness (QED) is 0.828. The van der Waals surface area contributed by atoms with Crippen LogP contribution >= 0.6 is 11.8 Å². The van der Waals surface area contributed by atoms with E-state index in [9.17, 15) is 4.79 Å². The number of carbonyl (C=O) groups is 1. The molecule has 1 heterocycles. The first-order valence-corrected chi connectivity index (χ1v) is 8.35. The Morgan fingerprint density at radius 3 is 2.55 bits per heavy atom. The first kappa shape index (κ1) is 16.5. The van der Waals surface area contributed by atoms with Crippen molar-refractivity contribution in [1.29, 1.82) is 0 Å². The van der Waals surface area contributed by atoms with E-state index in [-0.39, 0.29) is 17.2 Å². The van der Waals surface area contributed by atoms with Crippen molar-refractivity contribution in [2.24, 2.45) is 0 Å². The molecule has 0 saturated heterocycles. The Morgan fingerprint density at radius 1 is 1.27 bits per heavy atom. The number of aromatic nitrogens is 3. The molecule has 0 radical (unpaired) electrons. The lowest BCUT2D eigenvalue weighted by Gasteiger charge is -2.14. The SMILES string of the molecule is CCc1ccc(NC(=O)[C@@H](C)Sc2nncn2C(C)C)cc1. The summed E-state index contributed by atoms with van der Waals surface area (Å²) in [6.07, 6.45) is 2.69. The van der Waals surface area contributed by atoms with Crippen LogP contribution in [0.2, 0.25) is 0 Å². The van der Waals surface area contributed by atoms with Crippen LogP contribution in [0.1, 0.15) is 39.3 Å². The number of nitrogens with one attached hydrogen (secondary N) is 1. The van der Waals surface area contributed by atoms with Gasteiger partial charge < -0.3 is 9.88 Å². The number of benzene rings is 1. The molecule has 0 aliphatic heterocycles. The smallest absolute Gasteiger partial charge is 0.237 e. The molecule has 0 bridgehead atoms. The first-order chi connectivity index (χ1) is 10.5. The fraction of sp³-hybridized carbons (Fsp3) is 0.438. The van der Waals surface area contributed by atoms with Crippen LogP contribution in [0.4, 0.5) is 5.69 Å². The van der Waals surface area contributed by atoms with Gasteiger partial charge in [-0.25, -0.2) is 0 Å². The summed E-state index contributed by atoms with van der Waals surface area (Å²) in [6, 6.07) is 8.20. The average molecular weight is 318 g/mol. The fourth-order valence-electron chi connectivity index (χ4n) is 1.95. The number of hydrogen-bond acceptors (Lipinski definition) is 4. The normalized spacial score (nSPS) is 12.4. The summed E-state index contributed by atoms with van der Waals surface area (Å²) >= 11 is 1.42. The second-order valence-electron chi connectivity index (χ2n) is 5.41. The fourth-order valence-corrected chi connectivity index (χ4v) is 2.91. The number of carbonyl (C=O) groups excluding carboxylic acids is 1. The van der Waals surface area contributed by atoms with Gasteiger partial charge in [-0.2, -0.15) is 0 Å². The van der Waals surface area contributed by atoms with Gasteiger partial charge in [0.05, 0.1) is 5.25 Å². The lowest BCUT2D eigenvalue weighted by atomic mass is 10.1. The molecule has 0 saturated carbocycles. The zero-order chi connectivity index (χ0) is 16.1. The summed E-state index contributed by atoms with van der Waals surface area (Å²) in [6.45, 7) is 8.11. The predicted molar refractivity (Wildman–Crippen MR) is 90.2 cm³/mol. The van der Waals surface area contributed by atoms with Crippen LogP contribution in [0, 0.1) is 0 Å². The minimum Gasteiger partial charge on any atom is -0.325 e. The molecule has 2 aromatic rings. The summed E-state index contributed by atoms with van der Waals surface area (Å²) in [5.74, 6) is -0.0347. The van der Waals surface area contributed by atoms with E-state index in [0.717, 1.165) is 17.3 Å². The van der Waals surface area contributed by atoms with Gasteiger partial charge in [0, 0.05) is 11.7 Å². The minimum atomic E-state index is -0.243. The highest BCUT2D eigenvalue weighted by Gasteiger charge is 2.18. The molecule has 5 nitrogen and oxygen atoms in total. The van der Waals surface area contributed by atoms with Gasteiger partial charge in [-0.3, -0.25) is 4.79 Å². The van der Waals surface area contributed by atoms with Gasteiger partial charge in [-0.15, -0.1) is 10.2 Å². The first-order valence-electron chi connectivity index (χ1n) is 7.47. The molecule has 22 heavy (non-hydrogen) atoms. The molecular weight excluding hydrogens is 296 g/mol. The van der Waals surface area contributed by atoms with Crippen molar-refractivity contribution in [2.75, 3.05) is 5.32 Å². The van der Waals surface area contributed by atoms with Gasteiger partial charge in [0.15, 0.2) is 5.16 Å². The third kappa shape index (κ3) is 4.10. The Bertz CT molecular complexity index is 621. The second-order valence-corrected chi connectivity index (χ2v) is 6.72. The van der Waals surface area contributed by atoms with E-state index < -0.39 is 0 Å². The molecule has 118 valence electrons. The Kier molecular flexibility index (Phi) is 5.60. The van der Waals surface area contributed by atoms with Crippen LogP contribution in [-0.2, 0) is 11.2 Å². The second kappa shape index (κ2) is 7.45. The van der Waals surface area contributed by atoms with Crippen LogP contribution in [-0.4, -0.2) is 25.9 Å². The molecule has 1 aromatic carbocycles. The van der Waals surface area contributed by atoms with Gasteiger partial charge in [-0.1, -0.05) is 30.8 Å². The van der Waals surface area contributed by atoms with Gasteiger partial charge in [0.25, 0.3) is 0 Å². The Hall–Kier alpha value is -1.82. The largest absolute Gasteiger partial charge is 0.325 e. The standard InChI is InChI=1S/C16H22N4OS/c1-5-13-6-8-14(9-7-13)18-15(21)12(4)22-16-19-17-10-20(16)11(2)3/h6-12H,5H2,1-4H3,(H,18,21)/t12-/m1/s1. The summed E-state index contributed by atoms with van der Waals surface area (Å²) in [5.41, 5.74) is 2.07. The molecule has 0 unspecified atom stereocenters. The Morgan fingerprint density at radius 2 is 1.95 bits per heavy atom. The van der Waals surface area contributed by atoms with Crippen molar-refractivity contribution in [3.8, 4) is 0 Å². The summed E-state index contributed by atoms with van der Waals surface area (Å²) < 4.78 is 1.96.